The van der Waals surface area contributed by atoms with Crippen LogP contribution in [0.25, 0.3) is 22.3 Å². The Morgan fingerprint density at radius 2 is 1.88 bits per heavy atom. The highest BCUT2D eigenvalue weighted by Gasteiger charge is 2.13. The Morgan fingerprint density at radius 3 is 2.58 bits per heavy atom. The first-order chi connectivity index (χ1) is 11.6. The number of aromatic nitrogens is 2. The van der Waals surface area contributed by atoms with Gasteiger partial charge in [0.2, 0.25) is 0 Å². The fraction of sp³-hybridized carbons (Fsp3) is 0.263. The van der Waals surface area contributed by atoms with Crippen molar-refractivity contribution < 1.29 is 0 Å². The molecule has 0 radical (unpaired) electrons. The Kier molecular flexibility index (Phi) is 4.97. The maximum absolute atomic E-state index is 13.0. The molecule has 24 heavy (non-hydrogen) atoms. The molecule has 1 aromatic heterocycles. The van der Waals surface area contributed by atoms with Crippen molar-refractivity contribution in [2.75, 3.05) is 20.6 Å². The number of rotatable bonds is 5. The highest BCUT2D eigenvalue weighted by Crippen LogP contribution is 2.21. The fourth-order valence-electron chi connectivity index (χ4n) is 2.76. The van der Waals surface area contributed by atoms with Crippen LogP contribution < -0.4 is 5.56 Å². The van der Waals surface area contributed by atoms with Crippen molar-refractivity contribution in [3.05, 3.63) is 63.9 Å². The largest absolute Gasteiger partial charge is 0.309 e. The number of aryl methyl sites for hydroxylation is 1. The third-order valence-corrected chi connectivity index (χ3v) is 4.18. The Balaban J connectivity index is 2.16. The zero-order valence-electron chi connectivity index (χ0n) is 13.9. The lowest BCUT2D eigenvalue weighted by atomic mass is 10.1. The first-order valence-electron chi connectivity index (χ1n) is 7.96. The van der Waals surface area contributed by atoms with Crippen LogP contribution in [0.2, 0.25) is 5.02 Å². The normalized spacial score (nSPS) is 11.3. The van der Waals surface area contributed by atoms with E-state index in [9.17, 15) is 4.79 Å². The number of halogens is 1. The summed E-state index contributed by atoms with van der Waals surface area (Å²) >= 11 is 6.13. The van der Waals surface area contributed by atoms with E-state index in [0.717, 1.165) is 29.6 Å². The van der Waals surface area contributed by atoms with E-state index in [-0.39, 0.29) is 5.56 Å². The van der Waals surface area contributed by atoms with Crippen LogP contribution >= 0.6 is 11.6 Å². The molecule has 3 aromatic rings. The minimum atomic E-state index is -0.0743. The molecule has 2 aromatic carbocycles. The van der Waals surface area contributed by atoms with E-state index in [2.05, 4.69) is 9.88 Å². The van der Waals surface area contributed by atoms with Gasteiger partial charge in [-0.25, -0.2) is 4.98 Å². The number of hydrogen-bond acceptors (Lipinski definition) is 3. The predicted molar refractivity (Wildman–Crippen MR) is 99.6 cm³/mol. The van der Waals surface area contributed by atoms with E-state index in [4.69, 9.17) is 11.6 Å². The summed E-state index contributed by atoms with van der Waals surface area (Å²) in [6.07, 6.45) is 0.882. The minimum Gasteiger partial charge on any atom is -0.309 e. The number of fused-ring (bicyclic) bond motifs is 1. The number of hydrogen-bond donors (Lipinski definition) is 0. The molecular weight excluding hydrogens is 322 g/mol. The van der Waals surface area contributed by atoms with Gasteiger partial charge in [-0.3, -0.25) is 4.79 Å². The van der Waals surface area contributed by atoms with Crippen LogP contribution in [0.3, 0.4) is 0 Å². The summed E-state index contributed by atoms with van der Waals surface area (Å²) in [7, 11) is 4.05. The molecule has 0 N–H and O–H groups in total. The van der Waals surface area contributed by atoms with Crippen molar-refractivity contribution in [1.82, 2.24) is 14.5 Å². The highest BCUT2D eigenvalue weighted by molar-refractivity contribution is 6.31. The molecule has 1 heterocycles. The van der Waals surface area contributed by atoms with Crippen LogP contribution in [0.4, 0.5) is 0 Å². The molecule has 0 unspecified atom stereocenters. The van der Waals surface area contributed by atoms with Crippen molar-refractivity contribution in [1.29, 1.82) is 0 Å². The molecule has 4 nitrogen and oxygen atoms in total. The van der Waals surface area contributed by atoms with Gasteiger partial charge in [-0.15, -0.1) is 0 Å². The quantitative estimate of drug-likeness (QED) is 0.710. The van der Waals surface area contributed by atoms with Crippen molar-refractivity contribution in [2.45, 2.75) is 13.0 Å². The van der Waals surface area contributed by atoms with E-state index in [1.54, 1.807) is 10.6 Å². The molecule has 0 saturated carbocycles. The smallest absolute Gasteiger partial charge is 0.277 e. The maximum Gasteiger partial charge on any atom is 0.277 e. The molecule has 0 fully saturated rings. The Bertz CT molecular complexity index is 904. The molecule has 0 aliphatic heterocycles. The second kappa shape index (κ2) is 7.16. The monoisotopic (exact) mass is 341 g/mol. The van der Waals surface area contributed by atoms with E-state index in [0.29, 0.717) is 17.3 Å². The SMILES string of the molecule is CN(C)CCCn1c(=O)c(-c2ccccc2)nc2ccc(Cl)cc21. The molecule has 0 amide bonds. The zero-order valence-corrected chi connectivity index (χ0v) is 14.6. The standard InChI is InChI=1S/C19H20ClN3O/c1-22(2)11-6-12-23-17-13-15(20)9-10-16(17)21-18(19(23)24)14-7-4-3-5-8-14/h3-5,7-10,13H,6,11-12H2,1-2H3. The van der Waals surface area contributed by atoms with Crippen molar-refractivity contribution >= 4 is 22.6 Å². The third-order valence-electron chi connectivity index (χ3n) is 3.94. The van der Waals surface area contributed by atoms with Crippen LogP contribution in [-0.2, 0) is 6.54 Å². The second-order valence-electron chi connectivity index (χ2n) is 6.07. The van der Waals surface area contributed by atoms with Crippen LogP contribution in [0.1, 0.15) is 6.42 Å². The van der Waals surface area contributed by atoms with E-state index >= 15 is 0 Å². The van der Waals surface area contributed by atoms with Gasteiger partial charge in [-0.05, 0) is 45.3 Å². The van der Waals surface area contributed by atoms with E-state index in [1.807, 2.05) is 56.6 Å². The van der Waals surface area contributed by atoms with Gasteiger partial charge in [0.05, 0.1) is 11.0 Å². The van der Waals surface area contributed by atoms with E-state index in [1.165, 1.54) is 0 Å². The lowest BCUT2D eigenvalue weighted by Gasteiger charge is -2.14. The Labute approximate surface area is 146 Å². The molecule has 0 saturated heterocycles. The second-order valence-corrected chi connectivity index (χ2v) is 6.51. The van der Waals surface area contributed by atoms with Gasteiger partial charge in [0, 0.05) is 17.1 Å². The summed E-state index contributed by atoms with van der Waals surface area (Å²) in [4.78, 5) is 19.7. The van der Waals surface area contributed by atoms with Crippen molar-refractivity contribution in [3.63, 3.8) is 0 Å². The molecule has 3 rings (SSSR count). The van der Waals surface area contributed by atoms with Crippen LogP contribution in [0.15, 0.2) is 53.3 Å². The van der Waals surface area contributed by atoms with E-state index < -0.39 is 0 Å². The first-order valence-corrected chi connectivity index (χ1v) is 8.34. The molecule has 0 bridgehead atoms. The van der Waals surface area contributed by atoms with Crippen LogP contribution in [0.5, 0.6) is 0 Å². The third kappa shape index (κ3) is 3.50. The lowest BCUT2D eigenvalue weighted by molar-refractivity contribution is 0.386. The number of benzene rings is 2. The molecular formula is C19H20ClN3O. The van der Waals surface area contributed by atoms with Crippen molar-refractivity contribution in [2.24, 2.45) is 0 Å². The zero-order chi connectivity index (χ0) is 17.1. The summed E-state index contributed by atoms with van der Waals surface area (Å²) in [6.45, 7) is 1.55. The summed E-state index contributed by atoms with van der Waals surface area (Å²) < 4.78 is 1.79. The summed E-state index contributed by atoms with van der Waals surface area (Å²) in [5, 5.41) is 0.609. The molecule has 0 aliphatic carbocycles. The summed E-state index contributed by atoms with van der Waals surface area (Å²) in [6, 6.07) is 15.1. The van der Waals surface area contributed by atoms with Crippen LogP contribution in [-0.4, -0.2) is 35.1 Å². The van der Waals surface area contributed by atoms with Gasteiger partial charge in [-0.1, -0.05) is 41.9 Å². The molecule has 0 spiro atoms. The highest BCUT2D eigenvalue weighted by atomic mass is 35.5. The van der Waals surface area contributed by atoms with Gasteiger partial charge in [-0.2, -0.15) is 0 Å². The van der Waals surface area contributed by atoms with Gasteiger partial charge in [0.1, 0.15) is 5.69 Å². The Morgan fingerprint density at radius 1 is 1.12 bits per heavy atom. The summed E-state index contributed by atoms with van der Waals surface area (Å²) in [5.74, 6) is 0. The fourth-order valence-corrected chi connectivity index (χ4v) is 2.93. The van der Waals surface area contributed by atoms with Gasteiger partial charge < -0.3 is 9.47 Å². The minimum absolute atomic E-state index is 0.0743. The van der Waals surface area contributed by atoms with Gasteiger partial charge in [0.15, 0.2) is 0 Å². The molecule has 5 heteroatoms. The summed E-state index contributed by atoms with van der Waals surface area (Å²) in [5.41, 5.74) is 2.80. The molecule has 0 aliphatic rings. The average molecular weight is 342 g/mol. The maximum atomic E-state index is 13.0. The Hall–Kier alpha value is -2.17. The van der Waals surface area contributed by atoms with Crippen LogP contribution in [0, 0.1) is 0 Å². The molecule has 0 atom stereocenters. The lowest BCUT2D eigenvalue weighted by Crippen LogP contribution is -2.25. The first kappa shape index (κ1) is 16.7. The van der Waals surface area contributed by atoms with Gasteiger partial charge >= 0.3 is 0 Å². The number of nitrogens with zero attached hydrogens (tertiary/aromatic N) is 3. The van der Waals surface area contributed by atoms with Crippen molar-refractivity contribution in [3.8, 4) is 11.3 Å². The topological polar surface area (TPSA) is 38.1 Å². The molecule has 124 valence electrons. The average Bonchev–Trinajstić information content (AvgIpc) is 2.57. The van der Waals surface area contributed by atoms with Gasteiger partial charge in [0.25, 0.3) is 5.56 Å². The predicted octanol–water partition coefficient (Wildman–Crippen LogP) is 3.67.